The quantitative estimate of drug-likeness (QED) is 0.858. The molecule has 2 heterocycles. The summed E-state index contributed by atoms with van der Waals surface area (Å²) in [7, 11) is 0. The first-order valence-electron chi connectivity index (χ1n) is 7.18. The summed E-state index contributed by atoms with van der Waals surface area (Å²) in [6.07, 6.45) is 5.30. The summed E-state index contributed by atoms with van der Waals surface area (Å²) < 4.78 is 11.1. The Labute approximate surface area is 119 Å². The van der Waals surface area contributed by atoms with Gasteiger partial charge in [-0.3, -0.25) is 0 Å². The number of ether oxygens (including phenoxy) is 2. The van der Waals surface area contributed by atoms with Crippen molar-refractivity contribution in [1.82, 2.24) is 5.32 Å². The monoisotopic (exact) mass is 279 g/mol. The molecule has 0 radical (unpaired) electrons. The third-order valence-electron chi connectivity index (χ3n) is 3.66. The lowest BCUT2D eigenvalue weighted by atomic mass is 10.0. The molecule has 0 bridgehead atoms. The number of benzene rings is 1. The Balaban J connectivity index is 1.49. The summed E-state index contributed by atoms with van der Waals surface area (Å²) in [5.41, 5.74) is 0. The third kappa shape index (κ3) is 3.57. The van der Waals surface area contributed by atoms with Gasteiger partial charge in [-0.25, -0.2) is 0 Å². The molecule has 2 aliphatic heterocycles. The molecular weight excluding hydrogens is 258 g/mol. The van der Waals surface area contributed by atoms with Crippen LogP contribution in [-0.2, 0) is 0 Å². The minimum atomic E-state index is 0.660. The number of hydrogen-bond acceptors (Lipinski definition) is 4. The maximum absolute atomic E-state index is 5.61. The second-order valence-corrected chi connectivity index (χ2v) is 6.26. The van der Waals surface area contributed by atoms with Crippen molar-refractivity contribution in [1.29, 1.82) is 0 Å². The second kappa shape index (κ2) is 6.53. The van der Waals surface area contributed by atoms with Gasteiger partial charge >= 0.3 is 0 Å². The van der Waals surface area contributed by atoms with Gasteiger partial charge in [0, 0.05) is 10.9 Å². The molecule has 1 unspecified atom stereocenters. The molecule has 104 valence electrons. The van der Waals surface area contributed by atoms with Crippen LogP contribution in [0.25, 0.3) is 0 Å². The van der Waals surface area contributed by atoms with E-state index in [-0.39, 0.29) is 0 Å². The van der Waals surface area contributed by atoms with Crippen LogP contribution in [0.2, 0.25) is 0 Å². The smallest absolute Gasteiger partial charge is 0.162 e. The lowest BCUT2D eigenvalue weighted by Crippen LogP contribution is -2.34. The van der Waals surface area contributed by atoms with Gasteiger partial charge in [0.1, 0.15) is 13.2 Å². The summed E-state index contributed by atoms with van der Waals surface area (Å²) in [6.45, 7) is 2.51. The fraction of sp³-hybridized carbons (Fsp3) is 0.600. The Morgan fingerprint density at radius 1 is 1.16 bits per heavy atom. The molecule has 0 aliphatic carbocycles. The van der Waals surface area contributed by atoms with Crippen molar-refractivity contribution in [2.45, 2.75) is 36.6 Å². The lowest BCUT2D eigenvalue weighted by molar-refractivity contribution is 0.171. The summed E-state index contributed by atoms with van der Waals surface area (Å²) in [4.78, 5) is 1.28. The van der Waals surface area contributed by atoms with Gasteiger partial charge in [0.15, 0.2) is 11.5 Å². The van der Waals surface area contributed by atoms with Crippen molar-refractivity contribution >= 4 is 11.8 Å². The summed E-state index contributed by atoms with van der Waals surface area (Å²) >= 11 is 1.91. The molecule has 1 atom stereocenters. The summed E-state index contributed by atoms with van der Waals surface area (Å²) in [5.74, 6) is 2.94. The van der Waals surface area contributed by atoms with Crippen molar-refractivity contribution in [3.05, 3.63) is 18.2 Å². The van der Waals surface area contributed by atoms with Gasteiger partial charge in [-0.2, -0.15) is 0 Å². The van der Waals surface area contributed by atoms with E-state index in [1.54, 1.807) is 0 Å². The van der Waals surface area contributed by atoms with Gasteiger partial charge in [0.25, 0.3) is 0 Å². The van der Waals surface area contributed by atoms with Crippen LogP contribution in [-0.4, -0.2) is 31.6 Å². The normalized spacial score (nSPS) is 22.2. The van der Waals surface area contributed by atoms with Gasteiger partial charge in [0.2, 0.25) is 0 Å². The van der Waals surface area contributed by atoms with Crippen LogP contribution in [0.4, 0.5) is 0 Å². The van der Waals surface area contributed by atoms with Crippen LogP contribution in [0.5, 0.6) is 11.5 Å². The molecule has 4 heteroatoms. The molecule has 2 aliphatic rings. The molecule has 3 nitrogen and oxygen atoms in total. The van der Waals surface area contributed by atoms with Crippen LogP contribution >= 0.6 is 11.8 Å². The molecule has 1 aromatic carbocycles. The maximum atomic E-state index is 5.61. The zero-order chi connectivity index (χ0) is 12.9. The van der Waals surface area contributed by atoms with Crippen LogP contribution in [0.1, 0.15) is 25.7 Å². The molecule has 1 aromatic rings. The Morgan fingerprint density at radius 3 is 2.89 bits per heavy atom. The molecular formula is C15H21NO2S. The van der Waals surface area contributed by atoms with Crippen LogP contribution in [0.15, 0.2) is 23.1 Å². The van der Waals surface area contributed by atoms with E-state index in [1.807, 2.05) is 17.8 Å². The summed E-state index contributed by atoms with van der Waals surface area (Å²) in [6, 6.07) is 6.98. The average Bonchev–Trinajstić information content (AvgIpc) is 2.48. The SMILES string of the molecule is c1cc2c(cc1SCCC1CCCCN1)OCCO2. The fourth-order valence-corrected chi connectivity index (χ4v) is 3.60. The maximum Gasteiger partial charge on any atom is 0.162 e. The van der Waals surface area contributed by atoms with E-state index in [4.69, 9.17) is 9.47 Å². The number of fused-ring (bicyclic) bond motifs is 1. The fourth-order valence-electron chi connectivity index (χ4n) is 2.60. The van der Waals surface area contributed by atoms with Crippen LogP contribution < -0.4 is 14.8 Å². The number of piperidine rings is 1. The van der Waals surface area contributed by atoms with E-state index in [0.717, 1.165) is 23.3 Å². The molecule has 0 aromatic heterocycles. The minimum Gasteiger partial charge on any atom is -0.486 e. The van der Waals surface area contributed by atoms with E-state index in [0.29, 0.717) is 13.2 Å². The Kier molecular flexibility index (Phi) is 4.51. The van der Waals surface area contributed by atoms with E-state index in [1.165, 1.54) is 37.1 Å². The first-order chi connectivity index (χ1) is 9.42. The predicted octanol–water partition coefficient (Wildman–Crippen LogP) is 3.08. The zero-order valence-electron chi connectivity index (χ0n) is 11.2. The topological polar surface area (TPSA) is 30.5 Å². The molecule has 1 saturated heterocycles. The highest BCUT2D eigenvalue weighted by atomic mass is 32.2. The second-order valence-electron chi connectivity index (χ2n) is 5.09. The number of thioether (sulfide) groups is 1. The molecule has 1 N–H and O–H groups in total. The van der Waals surface area contributed by atoms with Crippen LogP contribution in [0.3, 0.4) is 0 Å². The van der Waals surface area contributed by atoms with Gasteiger partial charge < -0.3 is 14.8 Å². The standard InChI is InChI=1S/C15H21NO2S/c1-2-7-16-12(3-1)6-10-19-13-4-5-14-15(11-13)18-9-8-17-14/h4-5,11-12,16H,1-3,6-10H2. The van der Waals surface area contributed by atoms with E-state index >= 15 is 0 Å². The van der Waals surface area contributed by atoms with Crippen molar-refractivity contribution in [3.63, 3.8) is 0 Å². The Morgan fingerprint density at radius 2 is 2.05 bits per heavy atom. The Bertz CT molecular complexity index is 419. The molecule has 0 amide bonds. The molecule has 3 rings (SSSR count). The van der Waals surface area contributed by atoms with E-state index < -0.39 is 0 Å². The number of nitrogens with one attached hydrogen (secondary N) is 1. The molecule has 0 saturated carbocycles. The van der Waals surface area contributed by atoms with E-state index in [9.17, 15) is 0 Å². The van der Waals surface area contributed by atoms with Gasteiger partial charge in [0.05, 0.1) is 0 Å². The lowest BCUT2D eigenvalue weighted by Gasteiger charge is -2.23. The zero-order valence-corrected chi connectivity index (χ0v) is 12.0. The number of hydrogen-bond donors (Lipinski definition) is 1. The molecule has 1 fully saturated rings. The van der Waals surface area contributed by atoms with Gasteiger partial charge in [-0.15, -0.1) is 11.8 Å². The van der Waals surface area contributed by atoms with Crippen molar-refractivity contribution in [2.75, 3.05) is 25.5 Å². The van der Waals surface area contributed by atoms with Gasteiger partial charge in [-0.1, -0.05) is 6.42 Å². The first-order valence-corrected chi connectivity index (χ1v) is 8.16. The van der Waals surface area contributed by atoms with Crippen molar-refractivity contribution < 1.29 is 9.47 Å². The Hall–Kier alpha value is -0.870. The van der Waals surface area contributed by atoms with Gasteiger partial charge in [-0.05, 0) is 49.8 Å². The highest BCUT2D eigenvalue weighted by molar-refractivity contribution is 7.99. The van der Waals surface area contributed by atoms with Crippen molar-refractivity contribution in [3.8, 4) is 11.5 Å². The highest BCUT2D eigenvalue weighted by Crippen LogP contribution is 2.34. The highest BCUT2D eigenvalue weighted by Gasteiger charge is 2.14. The molecule has 0 spiro atoms. The average molecular weight is 279 g/mol. The third-order valence-corrected chi connectivity index (χ3v) is 4.69. The number of rotatable bonds is 4. The minimum absolute atomic E-state index is 0.660. The first kappa shape index (κ1) is 13.1. The largest absolute Gasteiger partial charge is 0.486 e. The molecule has 19 heavy (non-hydrogen) atoms. The van der Waals surface area contributed by atoms with Crippen molar-refractivity contribution in [2.24, 2.45) is 0 Å². The van der Waals surface area contributed by atoms with Crippen LogP contribution in [0, 0.1) is 0 Å². The predicted molar refractivity (Wildman–Crippen MR) is 78.4 cm³/mol. The van der Waals surface area contributed by atoms with E-state index in [2.05, 4.69) is 17.4 Å². The summed E-state index contributed by atoms with van der Waals surface area (Å²) in [5, 5.41) is 3.60.